The molecule has 0 bridgehead atoms. The monoisotopic (exact) mass is 505 g/mol. The third-order valence-electron chi connectivity index (χ3n) is 5.70. The maximum Gasteiger partial charge on any atom is 0.306 e. The van der Waals surface area contributed by atoms with E-state index in [1.54, 1.807) is 49.9 Å². The lowest BCUT2D eigenvalue weighted by Crippen LogP contribution is -2.31. The predicted octanol–water partition coefficient (Wildman–Crippen LogP) is 3.01. The number of aromatic nitrogens is 4. The number of carbonyl (C=O) groups is 3. The number of Topliss-reactive ketones (excluding diaryl/α,β-unsaturated/α-hetero) is 1. The van der Waals surface area contributed by atoms with Gasteiger partial charge in [-0.1, -0.05) is 25.5 Å². The summed E-state index contributed by atoms with van der Waals surface area (Å²) in [6.45, 7) is 3.94. The number of rotatable bonds is 12. The fraction of sp³-hybridized carbons (Fsp3) is 0.346. The van der Waals surface area contributed by atoms with Crippen LogP contribution in [0, 0.1) is 0 Å². The van der Waals surface area contributed by atoms with Crippen molar-refractivity contribution in [3.05, 3.63) is 71.6 Å². The first-order chi connectivity index (χ1) is 17.8. The highest BCUT2D eigenvalue weighted by atomic mass is 16.5. The maximum absolute atomic E-state index is 13.2. The van der Waals surface area contributed by atoms with Crippen molar-refractivity contribution in [3.8, 4) is 0 Å². The Labute approximate surface area is 215 Å². The van der Waals surface area contributed by atoms with E-state index in [4.69, 9.17) is 16.2 Å². The zero-order valence-corrected chi connectivity index (χ0v) is 20.9. The van der Waals surface area contributed by atoms with E-state index in [2.05, 4.69) is 25.3 Å². The van der Waals surface area contributed by atoms with Crippen LogP contribution in [0.15, 0.2) is 49.1 Å². The number of hydrogen-bond acceptors (Lipinski definition) is 10. The quantitative estimate of drug-likeness (QED) is 0.245. The number of ether oxygens (including phenoxy) is 1. The van der Waals surface area contributed by atoms with Crippen molar-refractivity contribution in [2.45, 2.75) is 51.5 Å². The van der Waals surface area contributed by atoms with Gasteiger partial charge in [0.05, 0.1) is 19.1 Å². The molecule has 37 heavy (non-hydrogen) atoms. The van der Waals surface area contributed by atoms with Crippen molar-refractivity contribution in [3.63, 3.8) is 0 Å². The zero-order chi connectivity index (χ0) is 26.8. The minimum absolute atomic E-state index is 0.0261. The average Bonchev–Trinajstić information content (AvgIpc) is 2.90. The molecule has 0 aliphatic rings. The molecular weight excluding hydrogens is 474 g/mol. The molecule has 1 amide bonds. The first kappa shape index (κ1) is 27.2. The minimum atomic E-state index is -0.562. The van der Waals surface area contributed by atoms with Crippen molar-refractivity contribution >= 4 is 29.3 Å². The van der Waals surface area contributed by atoms with Gasteiger partial charge in [-0.2, -0.15) is 0 Å². The van der Waals surface area contributed by atoms with Gasteiger partial charge in [-0.25, -0.2) is 9.97 Å². The fourth-order valence-corrected chi connectivity index (χ4v) is 3.92. The summed E-state index contributed by atoms with van der Waals surface area (Å²) in [6.07, 6.45) is 7.88. The van der Waals surface area contributed by atoms with Crippen LogP contribution >= 0.6 is 0 Å². The molecule has 0 radical (unpaired) electrons. The zero-order valence-electron chi connectivity index (χ0n) is 20.9. The van der Waals surface area contributed by atoms with Crippen molar-refractivity contribution in [1.82, 2.24) is 25.3 Å². The average molecular weight is 506 g/mol. The number of nitrogens with one attached hydrogen (secondary N) is 1. The van der Waals surface area contributed by atoms with Crippen molar-refractivity contribution in [1.29, 1.82) is 0 Å². The molecule has 0 spiro atoms. The molecular formula is C26H31N7O4. The molecule has 3 aromatic heterocycles. The summed E-state index contributed by atoms with van der Waals surface area (Å²) in [5.41, 5.74) is 13.3. The van der Waals surface area contributed by atoms with Crippen molar-refractivity contribution in [2.24, 2.45) is 0 Å². The number of anilines is 2. The van der Waals surface area contributed by atoms with Gasteiger partial charge in [-0.05, 0) is 36.6 Å². The second-order valence-electron chi connectivity index (χ2n) is 8.41. The summed E-state index contributed by atoms with van der Waals surface area (Å²) in [5, 5.41) is 2.89. The van der Waals surface area contributed by atoms with E-state index in [0.717, 1.165) is 12.0 Å². The van der Waals surface area contributed by atoms with Gasteiger partial charge in [0.15, 0.2) is 28.8 Å². The van der Waals surface area contributed by atoms with E-state index in [1.165, 1.54) is 0 Å². The fourth-order valence-electron chi connectivity index (χ4n) is 3.92. The summed E-state index contributed by atoms with van der Waals surface area (Å²) in [4.78, 5) is 54.7. The van der Waals surface area contributed by atoms with Gasteiger partial charge in [0, 0.05) is 37.1 Å². The van der Waals surface area contributed by atoms with E-state index in [1.807, 2.05) is 13.0 Å². The van der Waals surface area contributed by atoms with Gasteiger partial charge < -0.3 is 21.5 Å². The Morgan fingerprint density at radius 2 is 1.54 bits per heavy atom. The molecule has 0 aliphatic carbocycles. The Hall–Kier alpha value is -4.41. The second kappa shape index (κ2) is 13.1. The standard InChI is InChI=1S/C26H31N7O4/c1-3-7-19(17-9-6-11-30-15-17)31-26(36)23-25(28)32-22(24(27)33-23)20(34)12-18(13-21(35)37-4-2)16-8-5-10-29-14-16/h5-6,8-11,14-15,18-19H,3-4,7,12-13H2,1-2H3,(H2,27,33)(H2,28,32)(H,31,36). The van der Waals surface area contributed by atoms with E-state index in [0.29, 0.717) is 12.0 Å². The molecule has 5 N–H and O–H groups in total. The molecule has 11 heteroatoms. The topological polar surface area (TPSA) is 176 Å². The normalized spacial score (nSPS) is 12.4. The Balaban J connectivity index is 1.80. The summed E-state index contributed by atoms with van der Waals surface area (Å²) in [7, 11) is 0. The molecule has 0 saturated carbocycles. The van der Waals surface area contributed by atoms with Crippen LogP contribution < -0.4 is 16.8 Å². The number of nitrogen functional groups attached to an aromatic ring is 2. The number of nitrogens with two attached hydrogens (primary N) is 2. The highest BCUT2D eigenvalue weighted by Crippen LogP contribution is 2.27. The summed E-state index contributed by atoms with van der Waals surface area (Å²) in [6, 6.07) is 6.84. The smallest absolute Gasteiger partial charge is 0.306 e. The molecule has 0 fully saturated rings. The lowest BCUT2D eigenvalue weighted by molar-refractivity contribution is -0.143. The molecule has 2 atom stereocenters. The van der Waals surface area contributed by atoms with Crippen LogP contribution in [0.5, 0.6) is 0 Å². The molecule has 2 unspecified atom stereocenters. The lowest BCUT2D eigenvalue weighted by atomic mass is 9.91. The number of nitrogens with zero attached hydrogens (tertiary/aromatic N) is 4. The summed E-state index contributed by atoms with van der Waals surface area (Å²) < 4.78 is 5.06. The number of esters is 1. The van der Waals surface area contributed by atoms with Gasteiger partial charge in [0.1, 0.15) is 0 Å². The third-order valence-corrected chi connectivity index (χ3v) is 5.70. The Morgan fingerprint density at radius 3 is 2.14 bits per heavy atom. The highest BCUT2D eigenvalue weighted by molar-refractivity contribution is 6.02. The van der Waals surface area contributed by atoms with Gasteiger partial charge in [-0.15, -0.1) is 0 Å². The van der Waals surface area contributed by atoms with Crippen LogP contribution in [0.4, 0.5) is 11.6 Å². The van der Waals surface area contributed by atoms with E-state index >= 15 is 0 Å². The lowest BCUT2D eigenvalue weighted by Gasteiger charge is -2.19. The molecule has 3 rings (SSSR count). The first-order valence-electron chi connectivity index (χ1n) is 12.1. The van der Waals surface area contributed by atoms with Gasteiger partial charge in [-0.3, -0.25) is 24.4 Å². The van der Waals surface area contributed by atoms with Crippen LogP contribution in [0.2, 0.25) is 0 Å². The Kier molecular flexibility index (Phi) is 9.59. The summed E-state index contributed by atoms with van der Waals surface area (Å²) in [5.74, 6) is -2.43. The second-order valence-corrected chi connectivity index (χ2v) is 8.41. The number of pyridine rings is 2. The molecule has 11 nitrogen and oxygen atoms in total. The largest absolute Gasteiger partial charge is 0.466 e. The molecule has 0 saturated heterocycles. The van der Waals surface area contributed by atoms with E-state index in [9.17, 15) is 14.4 Å². The van der Waals surface area contributed by atoms with Gasteiger partial charge in [0.2, 0.25) is 0 Å². The number of carbonyl (C=O) groups excluding carboxylic acids is 3. The van der Waals surface area contributed by atoms with Crippen LogP contribution in [0.3, 0.4) is 0 Å². The first-order valence-corrected chi connectivity index (χ1v) is 12.1. The van der Waals surface area contributed by atoms with Crippen LogP contribution in [0.25, 0.3) is 0 Å². The van der Waals surface area contributed by atoms with Crippen molar-refractivity contribution in [2.75, 3.05) is 18.1 Å². The van der Waals surface area contributed by atoms with Gasteiger partial charge >= 0.3 is 5.97 Å². The van der Waals surface area contributed by atoms with Gasteiger partial charge in [0.25, 0.3) is 5.91 Å². The molecule has 0 aliphatic heterocycles. The molecule has 0 aromatic carbocycles. The molecule has 3 aromatic rings. The van der Waals surface area contributed by atoms with Crippen LogP contribution in [-0.4, -0.2) is 44.2 Å². The van der Waals surface area contributed by atoms with E-state index in [-0.39, 0.29) is 48.5 Å². The number of ketones is 1. The van der Waals surface area contributed by atoms with Crippen molar-refractivity contribution < 1.29 is 19.1 Å². The number of amides is 1. The molecule has 3 heterocycles. The highest BCUT2D eigenvalue weighted by Gasteiger charge is 2.26. The van der Waals surface area contributed by atoms with E-state index < -0.39 is 23.6 Å². The maximum atomic E-state index is 13.2. The Bertz CT molecular complexity index is 1220. The molecule has 194 valence electrons. The minimum Gasteiger partial charge on any atom is -0.466 e. The number of hydrogen-bond donors (Lipinski definition) is 3. The Morgan fingerprint density at radius 1 is 0.919 bits per heavy atom. The SMILES string of the molecule is CCCC(NC(=O)c1nc(N)c(C(=O)CC(CC(=O)OCC)c2cccnc2)nc1N)c1cccnc1. The predicted molar refractivity (Wildman–Crippen MR) is 137 cm³/mol. The third kappa shape index (κ3) is 7.29. The van der Waals surface area contributed by atoms with Crippen LogP contribution in [0.1, 0.15) is 83.6 Å². The summed E-state index contributed by atoms with van der Waals surface area (Å²) >= 11 is 0. The van der Waals surface area contributed by atoms with Crippen LogP contribution in [-0.2, 0) is 9.53 Å².